The minimum absolute atomic E-state index is 0.384. The number of hydrogen-bond acceptors (Lipinski definition) is 1. The Morgan fingerprint density at radius 1 is 0.867 bits per heavy atom. The summed E-state index contributed by atoms with van der Waals surface area (Å²) in [6, 6.07) is 0.384. The van der Waals surface area contributed by atoms with E-state index < -0.39 is 0 Å². The van der Waals surface area contributed by atoms with Crippen LogP contribution in [0.5, 0.6) is 0 Å². The molecule has 0 heterocycles. The Kier molecular flexibility index (Phi) is 10.4. The highest BCUT2D eigenvalue weighted by Crippen LogP contribution is 2.17. The van der Waals surface area contributed by atoms with Crippen LogP contribution in [-0.2, 0) is 0 Å². The highest BCUT2D eigenvalue weighted by molar-refractivity contribution is 4.66. The Labute approximate surface area is 96.8 Å². The predicted molar refractivity (Wildman–Crippen MR) is 70.0 cm³/mol. The summed E-state index contributed by atoms with van der Waals surface area (Å²) in [6.45, 7) is 6.68. The lowest BCUT2D eigenvalue weighted by Crippen LogP contribution is -2.25. The van der Waals surface area contributed by atoms with Crippen molar-refractivity contribution in [3.05, 3.63) is 0 Å². The molecule has 0 amide bonds. The molecule has 0 fully saturated rings. The Balaban J connectivity index is 3.22. The Morgan fingerprint density at radius 2 is 1.40 bits per heavy atom. The standard InChI is InChI=1S/C14H31N/c1-4-6-7-8-9-10-11-12-14(5-2)13(3)15/h13-14H,4-12,15H2,1-3H3/t13-,14?/m1/s1. The first-order valence-corrected chi connectivity index (χ1v) is 6.97. The maximum atomic E-state index is 5.93. The first-order chi connectivity index (χ1) is 7.22. The fourth-order valence-electron chi connectivity index (χ4n) is 2.20. The molecule has 92 valence electrons. The zero-order valence-corrected chi connectivity index (χ0v) is 11.1. The van der Waals surface area contributed by atoms with Crippen LogP contribution in [-0.4, -0.2) is 6.04 Å². The average molecular weight is 213 g/mol. The summed E-state index contributed by atoms with van der Waals surface area (Å²) in [7, 11) is 0. The van der Waals surface area contributed by atoms with Gasteiger partial charge in [-0.15, -0.1) is 0 Å². The molecule has 0 aromatic heterocycles. The summed E-state index contributed by atoms with van der Waals surface area (Å²) >= 11 is 0. The van der Waals surface area contributed by atoms with Crippen molar-refractivity contribution in [2.24, 2.45) is 11.7 Å². The fourth-order valence-corrected chi connectivity index (χ4v) is 2.20. The van der Waals surface area contributed by atoms with Crippen LogP contribution < -0.4 is 5.73 Å². The van der Waals surface area contributed by atoms with Crippen molar-refractivity contribution in [2.45, 2.75) is 84.6 Å². The lowest BCUT2D eigenvalue weighted by molar-refractivity contribution is 0.382. The molecule has 1 heteroatoms. The molecule has 0 rings (SSSR count). The molecule has 0 saturated carbocycles. The van der Waals surface area contributed by atoms with Gasteiger partial charge in [-0.3, -0.25) is 0 Å². The van der Waals surface area contributed by atoms with Gasteiger partial charge in [0, 0.05) is 6.04 Å². The molecule has 1 unspecified atom stereocenters. The van der Waals surface area contributed by atoms with Gasteiger partial charge < -0.3 is 5.73 Å². The molecule has 0 aliphatic carbocycles. The molecule has 0 saturated heterocycles. The van der Waals surface area contributed by atoms with Crippen molar-refractivity contribution in [3.8, 4) is 0 Å². The average Bonchev–Trinajstić information content (AvgIpc) is 2.21. The quantitative estimate of drug-likeness (QED) is 0.531. The highest BCUT2D eigenvalue weighted by atomic mass is 14.6. The van der Waals surface area contributed by atoms with Crippen molar-refractivity contribution in [2.75, 3.05) is 0 Å². The van der Waals surface area contributed by atoms with Crippen molar-refractivity contribution < 1.29 is 0 Å². The summed E-state index contributed by atoms with van der Waals surface area (Å²) < 4.78 is 0. The molecule has 2 atom stereocenters. The largest absolute Gasteiger partial charge is 0.328 e. The summed E-state index contributed by atoms with van der Waals surface area (Å²) in [4.78, 5) is 0. The van der Waals surface area contributed by atoms with Gasteiger partial charge in [-0.25, -0.2) is 0 Å². The van der Waals surface area contributed by atoms with Gasteiger partial charge in [-0.1, -0.05) is 65.2 Å². The van der Waals surface area contributed by atoms with E-state index in [9.17, 15) is 0 Å². The summed E-state index contributed by atoms with van der Waals surface area (Å²) in [5, 5.41) is 0. The van der Waals surface area contributed by atoms with Crippen LogP contribution in [0.3, 0.4) is 0 Å². The summed E-state index contributed by atoms with van der Waals surface area (Å²) in [5.74, 6) is 0.751. The first kappa shape index (κ1) is 15.0. The van der Waals surface area contributed by atoms with Gasteiger partial charge in [-0.05, 0) is 19.3 Å². The van der Waals surface area contributed by atoms with Crippen molar-refractivity contribution in [1.82, 2.24) is 0 Å². The SMILES string of the molecule is CCCCCCCCCC(CC)[C@@H](C)N. The van der Waals surface area contributed by atoms with Crippen molar-refractivity contribution >= 4 is 0 Å². The minimum Gasteiger partial charge on any atom is -0.328 e. The van der Waals surface area contributed by atoms with E-state index in [0.717, 1.165) is 5.92 Å². The fraction of sp³-hybridized carbons (Fsp3) is 1.00. The van der Waals surface area contributed by atoms with E-state index in [1.54, 1.807) is 0 Å². The van der Waals surface area contributed by atoms with Gasteiger partial charge in [0.25, 0.3) is 0 Å². The minimum atomic E-state index is 0.384. The van der Waals surface area contributed by atoms with Gasteiger partial charge in [0.2, 0.25) is 0 Å². The number of nitrogens with two attached hydrogens (primary N) is 1. The topological polar surface area (TPSA) is 26.0 Å². The third-order valence-corrected chi connectivity index (χ3v) is 3.45. The third-order valence-electron chi connectivity index (χ3n) is 3.45. The van der Waals surface area contributed by atoms with E-state index >= 15 is 0 Å². The van der Waals surface area contributed by atoms with Gasteiger partial charge in [0.05, 0.1) is 0 Å². The van der Waals surface area contributed by atoms with Crippen molar-refractivity contribution in [1.29, 1.82) is 0 Å². The summed E-state index contributed by atoms with van der Waals surface area (Å²) in [6.07, 6.45) is 12.4. The van der Waals surface area contributed by atoms with E-state index in [0.29, 0.717) is 6.04 Å². The van der Waals surface area contributed by atoms with E-state index in [4.69, 9.17) is 5.73 Å². The molecule has 0 spiro atoms. The maximum absolute atomic E-state index is 5.93. The molecule has 1 nitrogen and oxygen atoms in total. The second kappa shape index (κ2) is 10.5. The van der Waals surface area contributed by atoms with E-state index in [2.05, 4.69) is 20.8 Å². The second-order valence-corrected chi connectivity index (χ2v) is 4.94. The monoisotopic (exact) mass is 213 g/mol. The van der Waals surface area contributed by atoms with Gasteiger partial charge >= 0.3 is 0 Å². The van der Waals surface area contributed by atoms with E-state index in [1.165, 1.54) is 57.8 Å². The van der Waals surface area contributed by atoms with Gasteiger partial charge in [0.15, 0.2) is 0 Å². The third kappa shape index (κ3) is 8.92. The molecule has 0 radical (unpaired) electrons. The normalized spacial score (nSPS) is 15.2. The number of hydrogen-bond donors (Lipinski definition) is 1. The highest BCUT2D eigenvalue weighted by Gasteiger charge is 2.10. The molecule has 0 aromatic rings. The van der Waals surface area contributed by atoms with Crippen LogP contribution in [0, 0.1) is 5.92 Å². The first-order valence-electron chi connectivity index (χ1n) is 6.97. The van der Waals surface area contributed by atoms with Crippen LogP contribution in [0.4, 0.5) is 0 Å². The molecular formula is C14H31N. The smallest absolute Gasteiger partial charge is 0.00386 e. The van der Waals surface area contributed by atoms with E-state index in [1.807, 2.05) is 0 Å². The Bertz CT molecular complexity index is 121. The lowest BCUT2D eigenvalue weighted by atomic mass is 9.92. The van der Waals surface area contributed by atoms with Crippen LogP contribution in [0.2, 0.25) is 0 Å². The van der Waals surface area contributed by atoms with E-state index in [-0.39, 0.29) is 0 Å². The van der Waals surface area contributed by atoms with Crippen LogP contribution in [0.1, 0.15) is 78.6 Å². The zero-order chi connectivity index (χ0) is 11.5. The molecule has 0 aliphatic heterocycles. The molecule has 15 heavy (non-hydrogen) atoms. The lowest BCUT2D eigenvalue weighted by Gasteiger charge is -2.18. The van der Waals surface area contributed by atoms with Gasteiger partial charge in [-0.2, -0.15) is 0 Å². The van der Waals surface area contributed by atoms with Crippen LogP contribution in [0.25, 0.3) is 0 Å². The molecule has 0 bridgehead atoms. The van der Waals surface area contributed by atoms with Gasteiger partial charge in [0.1, 0.15) is 0 Å². The molecule has 2 N–H and O–H groups in total. The maximum Gasteiger partial charge on any atom is 0.00386 e. The van der Waals surface area contributed by atoms with Crippen LogP contribution >= 0.6 is 0 Å². The Morgan fingerprint density at radius 3 is 1.87 bits per heavy atom. The molecule has 0 aliphatic rings. The van der Waals surface area contributed by atoms with Crippen molar-refractivity contribution in [3.63, 3.8) is 0 Å². The number of unbranched alkanes of at least 4 members (excludes halogenated alkanes) is 6. The molecule has 0 aromatic carbocycles. The zero-order valence-electron chi connectivity index (χ0n) is 11.1. The second-order valence-electron chi connectivity index (χ2n) is 4.94. The number of rotatable bonds is 10. The van der Waals surface area contributed by atoms with Crippen LogP contribution in [0.15, 0.2) is 0 Å². The Hall–Kier alpha value is -0.0400. The predicted octanol–water partition coefficient (Wildman–Crippen LogP) is 4.50. The summed E-state index contributed by atoms with van der Waals surface area (Å²) in [5.41, 5.74) is 5.93. The molecular weight excluding hydrogens is 182 g/mol.